The third-order valence-corrected chi connectivity index (χ3v) is 2.74. The number of aromatic nitrogens is 1. The van der Waals surface area contributed by atoms with E-state index in [-0.39, 0.29) is 5.56 Å². The fourth-order valence-electron chi connectivity index (χ4n) is 1.75. The number of pyridine rings is 1. The molecule has 1 aromatic heterocycles. The maximum Gasteiger partial charge on any atom is 0.265 e. The molecular formula is C14H12N2O3. The van der Waals surface area contributed by atoms with Crippen molar-refractivity contribution in [3.8, 4) is 28.7 Å². The number of nitrogens with one attached hydrogen (secondary N) is 1. The number of H-pyrrole nitrogens is 1. The first-order valence-corrected chi connectivity index (χ1v) is 5.55. The lowest BCUT2D eigenvalue weighted by atomic mass is 10.1. The van der Waals surface area contributed by atoms with E-state index < -0.39 is 5.56 Å². The highest BCUT2D eigenvalue weighted by atomic mass is 16.5. The van der Waals surface area contributed by atoms with E-state index in [4.69, 9.17) is 14.7 Å². The van der Waals surface area contributed by atoms with Crippen molar-refractivity contribution in [3.63, 3.8) is 0 Å². The second kappa shape index (κ2) is 5.27. The molecule has 2 aromatic rings. The number of ether oxygens (including phenoxy) is 2. The first-order valence-electron chi connectivity index (χ1n) is 5.55. The zero-order valence-electron chi connectivity index (χ0n) is 10.6. The molecule has 1 heterocycles. The number of hydrogen-bond acceptors (Lipinski definition) is 4. The first-order chi connectivity index (χ1) is 9.19. The Morgan fingerprint density at radius 3 is 2.47 bits per heavy atom. The van der Waals surface area contributed by atoms with Crippen LogP contribution in [0.5, 0.6) is 11.5 Å². The maximum absolute atomic E-state index is 11.3. The van der Waals surface area contributed by atoms with Crippen molar-refractivity contribution in [2.45, 2.75) is 0 Å². The van der Waals surface area contributed by atoms with Crippen LogP contribution in [0.25, 0.3) is 11.1 Å². The van der Waals surface area contributed by atoms with E-state index in [1.807, 2.05) is 12.1 Å². The van der Waals surface area contributed by atoms with E-state index in [0.717, 1.165) is 11.1 Å². The second-order valence-corrected chi connectivity index (χ2v) is 3.81. The molecule has 2 rings (SSSR count). The van der Waals surface area contributed by atoms with Gasteiger partial charge in [-0.2, -0.15) is 5.26 Å². The lowest BCUT2D eigenvalue weighted by Crippen LogP contribution is -2.08. The molecule has 1 N–H and O–H groups in total. The van der Waals surface area contributed by atoms with Crippen LogP contribution in [-0.4, -0.2) is 19.2 Å². The molecule has 0 saturated heterocycles. The number of benzene rings is 1. The minimum atomic E-state index is -0.397. The molecule has 0 aliphatic rings. The van der Waals surface area contributed by atoms with Crippen molar-refractivity contribution in [1.29, 1.82) is 5.26 Å². The minimum absolute atomic E-state index is 0.0762. The van der Waals surface area contributed by atoms with Crippen LogP contribution in [-0.2, 0) is 0 Å². The van der Waals surface area contributed by atoms with Gasteiger partial charge in [-0.05, 0) is 29.3 Å². The van der Waals surface area contributed by atoms with E-state index in [9.17, 15) is 4.79 Å². The summed E-state index contributed by atoms with van der Waals surface area (Å²) < 4.78 is 10.4. The minimum Gasteiger partial charge on any atom is -0.493 e. The van der Waals surface area contributed by atoms with Gasteiger partial charge in [-0.1, -0.05) is 6.07 Å². The van der Waals surface area contributed by atoms with Crippen LogP contribution < -0.4 is 15.0 Å². The highest BCUT2D eigenvalue weighted by Crippen LogP contribution is 2.31. The summed E-state index contributed by atoms with van der Waals surface area (Å²) in [6, 6.07) is 8.78. The summed E-state index contributed by atoms with van der Waals surface area (Å²) in [5, 5.41) is 8.86. The summed E-state index contributed by atoms with van der Waals surface area (Å²) in [7, 11) is 3.11. The van der Waals surface area contributed by atoms with Crippen molar-refractivity contribution in [1.82, 2.24) is 4.98 Å². The smallest absolute Gasteiger partial charge is 0.265 e. The summed E-state index contributed by atoms with van der Waals surface area (Å²) in [6.45, 7) is 0. The highest BCUT2D eigenvalue weighted by molar-refractivity contribution is 5.67. The molecule has 0 spiro atoms. The molecule has 5 nitrogen and oxygen atoms in total. The lowest BCUT2D eigenvalue weighted by molar-refractivity contribution is 0.355. The molecule has 1 aromatic carbocycles. The first kappa shape index (κ1) is 12.7. The molecule has 0 fully saturated rings. The number of hydrogen-bond donors (Lipinski definition) is 1. The van der Waals surface area contributed by atoms with Gasteiger partial charge in [0.25, 0.3) is 5.56 Å². The van der Waals surface area contributed by atoms with E-state index in [1.165, 1.54) is 0 Å². The van der Waals surface area contributed by atoms with E-state index in [0.29, 0.717) is 11.5 Å². The second-order valence-electron chi connectivity index (χ2n) is 3.81. The Balaban J connectivity index is 2.54. The fraction of sp³-hybridized carbons (Fsp3) is 0.143. The monoisotopic (exact) mass is 256 g/mol. The van der Waals surface area contributed by atoms with Gasteiger partial charge in [-0.15, -0.1) is 0 Å². The quantitative estimate of drug-likeness (QED) is 0.910. The number of rotatable bonds is 3. The molecule has 0 aliphatic heterocycles. The van der Waals surface area contributed by atoms with E-state index in [1.54, 1.807) is 38.6 Å². The van der Waals surface area contributed by atoms with Crippen LogP contribution >= 0.6 is 0 Å². The van der Waals surface area contributed by atoms with Gasteiger partial charge in [0.2, 0.25) is 0 Å². The predicted octanol–water partition coefficient (Wildman–Crippen LogP) is 1.93. The van der Waals surface area contributed by atoms with Crippen molar-refractivity contribution in [2.75, 3.05) is 14.2 Å². The molecular weight excluding hydrogens is 244 g/mol. The van der Waals surface area contributed by atoms with Crippen molar-refractivity contribution < 1.29 is 9.47 Å². The van der Waals surface area contributed by atoms with Crippen molar-refractivity contribution >= 4 is 0 Å². The average molecular weight is 256 g/mol. The zero-order valence-corrected chi connectivity index (χ0v) is 10.6. The van der Waals surface area contributed by atoms with E-state index in [2.05, 4.69) is 4.98 Å². The Morgan fingerprint density at radius 1 is 1.11 bits per heavy atom. The lowest BCUT2D eigenvalue weighted by Gasteiger charge is -2.09. The summed E-state index contributed by atoms with van der Waals surface area (Å²) in [4.78, 5) is 13.9. The Labute approximate surface area is 110 Å². The molecule has 96 valence electrons. The van der Waals surface area contributed by atoms with Gasteiger partial charge >= 0.3 is 0 Å². The Hall–Kier alpha value is -2.74. The van der Waals surface area contributed by atoms with Crippen LogP contribution in [0, 0.1) is 11.3 Å². The highest BCUT2D eigenvalue weighted by Gasteiger charge is 2.08. The SMILES string of the molecule is COc1ccc(-c2c[nH]c(=O)c(C#N)c2)cc1OC. The predicted molar refractivity (Wildman–Crippen MR) is 70.3 cm³/mol. The van der Waals surface area contributed by atoms with Crippen LogP contribution in [0.4, 0.5) is 0 Å². The molecule has 0 radical (unpaired) electrons. The topological polar surface area (TPSA) is 75.1 Å². The van der Waals surface area contributed by atoms with Crippen LogP contribution in [0.3, 0.4) is 0 Å². The molecule has 0 atom stereocenters. The van der Waals surface area contributed by atoms with Crippen molar-refractivity contribution in [3.05, 3.63) is 46.4 Å². The number of nitrogens with zero attached hydrogens (tertiary/aromatic N) is 1. The molecule has 0 aliphatic carbocycles. The third kappa shape index (κ3) is 2.43. The molecule has 0 bridgehead atoms. The van der Waals surface area contributed by atoms with Gasteiger partial charge in [0.15, 0.2) is 11.5 Å². The summed E-state index contributed by atoms with van der Waals surface area (Å²) in [5.41, 5.74) is 1.24. The number of nitriles is 1. The molecule has 0 amide bonds. The van der Waals surface area contributed by atoms with Gasteiger partial charge in [0.05, 0.1) is 14.2 Å². The molecule has 0 saturated carbocycles. The standard InChI is InChI=1S/C14H12N2O3/c1-18-12-4-3-9(6-13(12)19-2)11-5-10(7-15)14(17)16-8-11/h3-6,8H,1-2H3,(H,16,17). The number of aromatic amines is 1. The van der Waals surface area contributed by atoms with Crippen LogP contribution in [0.1, 0.15) is 5.56 Å². The normalized spacial score (nSPS) is 9.74. The summed E-state index contributed by atoms with van der Waals surface area (Å²) >= 11 is 0. The van der Waals surface area contributed by atoms with Crippen molar-refractivity contribution in [2.24, 2.45) is 0 Å². The summed E-state index contributed by atoms with van der Waals surface area (Å²) in [6.07, 6.45) is 1.56. The number of methoxy groups -OCH3 is 2. The summed E-state index contributed by atoms with van der Waals surface area (Å²) in [5.74, 6) is 1.21. The van der Waals surface area contributed by atoms with Crippen LogP contribution in [0.15, 0.2) is 35.3 Å². The maximum atomic E-state index is 11.3. The third-order valence-electron chi connectivity index (χ3n) is 2.74. The Bertz CT molecular complexity index is 699. The van der Waals surface area contributed by atoms with Crippen LogP contribution in [0.2, 0.25) is 0 Å². The van der Waals surface area contributed by atoms with E-state index >= 15 is 0 Å². The zero-order chi connectivity index (χ0) is 13.8. The van der Waals surface area contributed by atoms with Gasteiger partial charge in [0.1, 0.15) is 11.6 Å². The largest absolute Gasteiger partial charge is 0.493 e. The molecule has 0 unspecified atom stereocenters. The van der Waals surface area contributed by atoms with Gasteiger partial charge in [-0.3, -0.25) is 4.79 Å². The van der Waals surface area contributed by atoms with Gasteiger partial charge in [-0.25, -0.2) is 0 Å². The van der Waals surface area contributed by atoms with Gasteiger partial charge < -0.3 is 14.5 Å². The Kier molecular flexibility index (Phi) is 3.53. The molecule has 5 heteroatoms. The fourth-order valence-corrected chi connectivity index (χ4v) is 1.75. The molecule has 19 heavy (non-hydrogen) atoms. The van der Waals surface area contributed by atoms with Gasteiger partial charge in [0, 0.05) is 6.20 Å². The average Bonchev–Trinajstić information content (AvgIpc) is 2.47. The Morgan fingerprint density at radius 2 is 1.84 bits per heavy atom.